The molecular formula is C23H17F2N5O2. The van der Waals surface area contributed by atoms with Gasteiger partial charge in [0.05, 0.1) is 7.11 Å². The Morgan fingerprint density at radius 2 is 1.53 bits per heavy atom. The van der Waals surface area contributed by atoms with E-state index in [2.05, 4.69) is 20.3 Å². The molecule has 0 amide bonds. The van der Waals surface area contributed by atoms with Crippen LogP contribution in [0.1, 0.15) is 0 Å². The van der Waals surface area contributed by atoms with Crippen molar-refractivity contribution in [3.8, 4) is 22.9 Å². The van der Waals surface area contributed by atoms with Gasteiger partial charge >= 0.3 is 6.61 Å². The van der Waals surface area contributed by atoms with Crippen LogP contribution in [-0.4, -0.2) is 33.5 Å². The number of anilines is 2. The van der Waals surface area contributed by atoms with E-state index in [-0.39, 0.29) is 5.75 Å². The number of nitrogens with one attached hydrogen (secondary N) is 1. The average Bonchev–Trinajstić information content (AvgIpc) is 3.24. The van der Waals surface area contributed by atoms with E-state index in [1.165, 1.54) is 12.1 Å². The molecule has 2 aromatic heterocycles. The SMILES string of the molecule is COc1ccc(-c2nnc3c4ccccc4c(Nc4ccc(OC(F)F)cc4)nn23)cc1. The summed E-state index contributed by atoms with van der Waals surface area (Å²) in [6.07, 6.45) is 0. The zero-order valence-corrected chi connectivity index (χ0v) is 16.9. The van der Waals surface area contributed by atoms with Gasteiger partial charge in [-0.3, -0.25) is 0 Å². The van der Waals surface area contributed by atoms with E-state index in [0.29, 0.717) is 23.0 Å². The Hall–Kier alpha value is -4.27. The first-order valence-electron chi connectivity index (χ1n) is 9.73. The number of fused-ring (bicyclic) bond motifs is 3. The topological polar surface area (TPSA) is 73.6 Å². The third-order valence-electron chi connectivity index (χ3n) is 4.95. The van der Waals surface area contributed by atoms with Crippen LogP contribution in [0.15, 0.2) is 72.8 Å². The van der Waals surface area contributed by atoms with Gasteiger partial charge in [0.15, 0.2) is 17.3 Å². The Morgan fingerprint density at radius 1 is 0.844 bits per heavy atom. The molecule has 0 saturated carbocycles. The lowest BCUT2D eigenvalue weighted by Gasteiger charge is -2.11. The fourth-order valence-corrected chi connectivity index (χ4v) is 3.45. The number of rotatable bonds is 6. The summed E-state index contributed by atoms with van der Waals surface area (Å²) in [6, 6.07) is 21.4. The van der Waals surface area contributed by atoms with Gasteiger partial charge in [0.25, 0.3) is 0 Å². The molecule has 0 spiro atoms. The normalized spacial score (nSPS) is 11.2. The van der Waals surface area contributed by atoms with Crippen LogP contribution in [0.25, 0.3) is 27.8 Å². The van der Waals surface area contributed by atoms with Gasteiger partial charge in [-0.15, -0.1) is 15.3 Å². The molecule has 5 aromatic rings. The van der Waals surface area contributed by atoms with Crippen molar-refractivity contribution in [3.05, 3.63) is 72.8 Å². The summed E-state index contributed by atoms with van der Waals surface area (Å²) in [4.78, 5) is 0. The monoisotopic (exact) mass is 433 g/mol. The Morgan fingerprint density at radius 3 is 2.22 bits per heavy atom. The molecule has 0 atom stereocenters. The number of hydrogen-bond donors (Lipinski definition) is 1. The summed E-state index contributed by atoms with van der Waals surface area (Å²) in [5.41, 5.74) is 2.13. The van der Waals surface area contributed by atoms with Crippen molar-refractivity contribution in [1.82, 2.24) is 19.8 Å². The molecule has 160 valence electrons. The molecule has 0 radical (unpaired) electrons. The van der Waals surface area contributed by atoms with Crippen molar-refractivity contribution in [1.29, 1.82) is 0 Å². The first-order valence-corrected chi connectivity index (χ1v) is 9.73. The van der Waals surface area contributed by atoms with Crippen LogP contribution in [0, 0.1) is 0 Å². The highest BCUT2D eigenvalue weighted by Gasteiger charge is 2.16. The van der Waals surface area contributed by atoms with Gasteiger partial charge < -0.3 is 14.8 Å². The minimum Gasteiger partial charge on any atom is -0.497 e. The zero-order chi connectivity index (χ0) is 22.1. The molecule has 5 rings (SSSR count). The van der Waals surface area contributed by atoms with Crippen LogP contribution in [0.2, 0.25) is 0 Å². The van der Waals surface area contributed by atoms with E-state index in [9.17, 15) is 8.78 Å². The Labute approximate surface area is 181 Å². The van der Waals surface area contributed by atoms with Gasteiger partial charge in [0.1, 0.15) is 11.5 Å². The van der Waals surface area contributed by atoms with Crippen LogP contribution in [0.5, 0.6) is 11.5 Å². The van der Waals surface area contributed by atoms with E-state index in [1.807, 2.05) is 48.5 Å². The second-order valence-corrected chi connectivity index (χ2v) is 6.91. The number of alkyl halides is 2. The number of benzene rings is 3. The van der Waals surface area contributed by atoms with Crippen molar-refractivity contribution < 1.29 is 18.3 Å². The molecule has 0 unspecified atom stereocenters. The largest absolute Gasteiger partial charge is 0.497 e. The maximum absolute atomic E-state index is 12.4. The summed E-state index contributed by atoms with van der Waals surface area (Å²) in [5.74, 6) is 1.98. The average molecular weight is 433 g/mol. The molecular weight excluding hydrogens is 416 g/mol. The smallest absolute Gasteiger partial charge is 0.387 e. The Bertz CT molecular complexity index is 1390. The molecule has 0 aliphatic carbocycles. The second kappa shape index (κ2) is 8.10. The molecule has 3 aromatic carbocycles. The van der Waals surface area contributed by atoms with Crippen molar-refractivity contribution in [2.24, 2.45) is 0 Å². The minimum absolute atomic E-state index is 0.0828. The quantitative estimate of drug-likeness (QED) is 0.392. The molecule has 0 fully saturated rings. The number of methoxy groups -OCH3 is 1. The molecule has 1 N–H and O–H groups in total. The predicted octanol–water partition coefficient (Wildman–Crippen LogP) is 5.30. The van der Waals surface area contributed by atoms with Gasteiger partial charge in [0.2, 0.25) is 0 Å². The number of hydrogen-bond acceptors (Lipinski definition) is 6. The standard InChI is InChI=1S/C23H17F2N5O2/c1-31-16-10-6-14(7-11-16)21-27-28-22-19-5-3-2-4-18(19)20(29-30(21)22)26-15-8-12-17(13-9-15)32-23(24)25/h2-13,23H,1H3,(H,26,29). The van der Waals surface area contributed by atoms with Crippen molar-refractivity contribution in [3.63, 3.8) is 0 Å². The summed E-state index contributed by atoms with van der Waals surface area (Å²) in [7, 11) is 1.61. The fourth-order valence-electron chi connectivity index (χ4n) is 3.45. The molecule has 32 heavy (non-hydrogen) atoms. The zero-order valence-electron chi connectivity index (χ0n) is 16.9. The minimum atomic E-state index is -2.87. The fraction of sp³-hybridized carbons (Fsp3) is 0.0870. The van der Waals surface area contributed by atoms with Gasteiger partial charge in [-0.25, -0.2) is 0 Å². The lowest BCUT2D eigenvalue weighted by atomic mass is 10.1. The molecule has 7 nitrogen and oxygen atoms in total. The lowest BCUT2D eigenvalue weighted by molar-refractivity contribution is -0.0498. The Balaban J connectivity index is 1.59. The Kier molecular flexibility index (Phi) is 4.98. The highest BCUT2D eigenvalue weighted by Crippen LogP contribution is 2.30. The second-order valence-electron chi connectivity index (χ2n) is 6.91. The molecule has 0 aliphatic heterocycles. The summed E-state index contributed by atoms with van der Waals surface area (Å²) >= 11 is 0. The lowest BCUT2D eigenvalue weighted by Crippen LogP contribution is -2.03. The van der Waals surface area contributed by atoms with Crippen LogP contribution >= 0.6 is 0 Å². The van der Waals surface area contributed by atoms with E-state index in [4.69, 9.17) is 9.84 Å². The number of aromatic nitrogens is 4. The summed E-state index contributed by atoms with van der Waals surface area (Å²) in [6.45, 7) is -2.87. The molecule has 2 heterocycles. The maximum Gasteiger partial charge on any atom is 0.387 e. The highest BCUT2D eigenvalue weighted by atomic mass is 19.3. The molecule has 0 saturated heterocycles. The van der Waals surface area contributed by atoms with E-state index in [1.54, 1.807) is 23.8 Å². The molecule has 9 heteroatoms. The van der Waals surface area contributed by atoms with E-state index < -0.39 is 6.61 Å². The van der Waals surface area contributed by atoms with Gasteiger partial charge in [-0.1, -0.05) is 24.3 Å². The van der Waals surface area contributed by atoms with E-state index in [0.717, 1.165) is 22.1 Å². The summed E-state index contributed by atoms with van der Waals surface area (Å²) in [5, 5.41) is 18.4. The molecule has 0 aliphatic rings. The van der Waals surface area contributed by atoms with Crippen LogP contribution in [-0.2, 0) is 0 Å². The first kappa shape index (κ1) is 19.7. The molecule has 0 bridgehead atoms. The maximum atomic E-state index is 12.4. The van der Waals surface area contributed by atoms with Crippen molar-refractivity contribution >= 4 is 27.9 Å². The predicted molar refractivity (Wildman–Crippen MR) is 117 cm³/mol. The van der Waals surface area contributed by atoms with Crippen LogP contribution in [0.4, 0.5) is 20.3 Å². The first-order chi connectivity index (χ1) is 15.6. The van der Waals surface area contributed by atoms with Gasteiger partial charge in [-0.05, 0) is 48.5 Å². The highest BCUT2D eigenvalue weighted by molar-refractivity contribution is 6.01. The van der Waals surface area contributed by atoms with Crippen LogP contribution in [0.3, 0.4) is 0 Å². The third-order valence-corrected chi connectivity index (χ3v) is 4.95. The van der Waals surface area contributed by atoms with Crippen LogP contribution < -0.4 is 14.8 Å². The van der Waals surface area contributed by atoms with Crippen molar-refractivity contribution in [2.45, 2.75) is 6.61 Å². The number of nitrogens with zero attached hydrogens (tertiary/aromatic N) is 4. The van der Waals surface area contributed by atoms with Gasteiger partial charge in [-0.2, -0.15) is 13.3 Å². The summed E-state index contributed by atoms with van der Waals surface area (Å²) < 4.78 is 36.1. The van der Waals surface area contributed by atoms with E-state index >= 15 is 0 Å². The third kappa shape index (κ3) is 3.64. The number of ether oxygens (including phenoxy) is 2. The number of halogens is 2. The van der Waals surface area contributed by atoms with Crippen molar-refractivity contribution in [2.75, 3.05) is 12.4 Å². The van der Waals surface area contributed by atoms with Gasteiger partial charge in [0, 0.05) is 22.0 Å².